The van der Waals surface area contributed by atoms with Crippen LogP contribution in [0, 0.1) is 0 Å². The van der Waals surface area contributed by atoms with Crippen LogP contribution in [0.25, 0.3) is 0 Å². The van der Waals surface area contributed by atoms with Crippen LogP contribution < -0.4 is 5.73 Å². The molecule has 2 aliphatic heterocycles. The molecule has 0 saturated heterocycles. The number of rotatable bonds is 0. The number of hydrogen-bond donors (Lipinski definition) is 1. The fourth-order valence-electron chi connectivity index (χ4n) is 0.841. The maximum Gasteiger partial charge on any atom is 0.191 e. The summed E-state index contributed by atoms with van der Waals surface area (Å²) in [5.74, 6) is 0.498. The molecule has 2 heterocycles. The van der Waals surface area contributed by atoms with Crippen LogP contribution in [-0.4, -0.2) is 29.2 Å². The van der Waals surface area contributed by atoms with E-state index in [0.717, 1.165) is 0 Å². The Morgan fingerprint density at radius 2 is 2.27 bits per heavy atom. The van der Waals surface area contributed by atoms with Crippen LogP contribution in [0.5, 0.6) is 0 Å². The maximum atomic E-state index is 5.41. The number of fused-ring (bicyclic) bond motifs is 1. The highest BCUT2D eigenvalue weighted by atomic mass is 32.1. The maximum absolute atomic E-state index is 5.41. The van der Waals surface area contributed by atoms with Gasteiger partial charge in [0.15, 0.2) is 12.1 Å². The molecule has 1 atom stereocenters. The van der Waals surface area contributed by atoms with Gasteiger partial charge >= 0.3 is 0 Å². The predicted octanol–water partition coefficient (Wildman–Crippen LogP) is -0.931. The Hall–Kier alpha value is -1.14. The molecule has 6 heteroatoms. The molecule has 56 valence electrons. The SMILES string of the molecule is N[C@H]1N=C([S-])C2=NC=NC2=N1. The van der Waals surface area contributed by atoms with Crippen LogP contribution >= 0.6 is 0 Å². The van der Waals surface area contributed by atoms with Gasteiger partial charge in [-0.15, -0.1) is 0 Å². The van der Waals surface area contributed by atoms with E-state index in [1.807, 2.05) is 0 Å². The molecule has 0 bridgehead atoms. The summed E-state index contributed by atoms with van der Waals surface area (Å²) in [6.07, 6.45) is 0.792. The summed E-state index contributed by atoms with van der Waals surface area (Å²) < 4.78 is 0. The minimum atomic E-state index is -0.605. The molecule has 0 aromatic carbocycles. The summed E-state index contributed by atoms with van der Waals surface area (Å²) in [7, 11) is 0. The van der Waals surface area contributed by atoms with Crippen LogP contribution in [0.2, 0.25) is 0 Å². The molecule has 2 aliphatic rings. The van der Waals surface area contributed by atoms with Crippen LogP contribution in [0.15, 0.2) is 20.0 Å². The van der Waals surface area contributed by atoms with Crippen molar-refractivity contribution in [3.63, 3.8) is 0 Å². The minimum Gasteiger partial charge on any atom is -0.758 e. The fourth-order valence-corrected chi connectivity index (χ4v) is 1.09. The molecular weight excluding hydrogens is 162 g/mol. The highest BCUT2D eigenvalue weighted by Gasteiger charge is 2.16. The van der Waals surface area contributed by atoms with Gasteiger partial charge in [-0.2, -0.15) is 0 Å². The van der Waals surface area contributed by atoms with Gasteiger partial charge in [0.05, 0.1) is 0 Å². The molecule has 2 N–H and O–H groups in total. The van der Waals surface area contributed by atoms with E-state index >= 15 is 0 Å². The molecule has 0 spiro atoms. The number of amidine groups is 1. The molecular formula is C5H4N5S-. The van der Waals surface area contributed by atoms with Gasteiger partial charge in [-0.25, -0.2) is 15.0 Å². The van der Waals surface area contributed by atoms with Gasteiger partial charge in [0.2, 0.25) is 0 Å². The summed E-state index contributed by atoms with van der Waals surface area (Å²) in [6.45, 7) is 0. The average molecular weight is 166 g/mol. The predicted molar refractivity (Wildman–Crippen MR) is 46.1 cm³/mol. The summed E-state index contributed by atoms with van der Waals surface area (Å²) >= 11 is 4.88. The van der Waals surface area contributed by atoms with Crippen LogP contribution in [0.4, 0.5) is 0 Å². The molecule has 0 amide bonds. The van der Waals surface area contributed by atoms with E-state index in [1.54, 1.807) is 0 Å². The number of nitrogens with zero attached hydrogens (tertiary/aromatic N) is 4. The lowest BCUT2D eigenvalue weighted by Gasteiger charge is -2.17. The first-order valence-corrected chi connectivity index (χ1v) is 3.37. The molecule has 0 aliphatic carbocycles. The highest BCUT2D eigenvalue weighted by molar-refractivity contribution is 7.81. The van der Waals surface area contributed by atoms with Crippen molar-refractivity contribution < 1.29 is 0 Å². The Kier molecular flexibility index (Phi) is 1.30. The lowest BCUT2D eigenvalue weighted by atomic mass is 10.3. The zero-order chi connectivity index (χ0) is 7.84. The minimum absolute atomic E-state index is 0.389. The zero-order valence-electron chi connectivity index (χ0n) is 5.43. The summed E-state index contributed by atoms with van der Waals surface area (Å²) in [5, 5.41) is 0.389. The molecule has 0 unspecified atom stereocenters. The van der Waals surface area contributed by atoms with E-state index in [9.17, 15) is 0 Å². The Balaban J connectivity index is 2.46. The van der Waals surface area contributed by atoms with Crippen molar-refractivity contribution in [3.8, 4) is 0 Å². The first kappa shape index (κ1) is 6.56. The summed E-state index contributed by atoms with van der Waals surface area (Å²) in [4.78, 5) is 15.5. The third kappa shape index (κ3) is 0.958. The van der Waals surface area contributed by atoms with E-state index in [2.05, 4.69) is 20.0 Å². The average Bonchev–Trinajstić information content (AvgIpc) is 2.34. The second kappa shape index (κ2) is 2.18. The largest absolute Gasteiger partial charge is 0.758 e. The van der Waals surface area contributed by atoms with Gasteiger partial charge in [-0.3, -0.25) is 10.7 Å². The molecule has 0 radical (unpaired) electrons. The van der Waals surface area contributed by atoms with Crippen molar-refractivity contribution in [2.24, 2.45) is 25.7 Å². The van der Waals surface area contributed by atoms with Crippen LogP contribution in [0.1, 0.15) is 0 Å². The van der Waals surface area contributed by atoms with Crippen molar-refractivity contribution >= 4 is 35.6 Å². The third-order valence-corrected chi connectivity index (χ3v) is 1.58. The van der Waals surface area contributed by atoms with Crippen LogP contribution in [-0.2, 0) is 12.6 Å². The van der Waals surface area contributed by atoms with Crippen molar-refractivity contribution in [2.45, 2.75) is 6.29 Å². The van der Waals surface area contributed by atoms with E-state index in [-0.39, 0.29) is 0 Å². The first-order chi connectivity index (χ1) is 5.27. The topological polar surface area (TPSA) is 75.5 Å². The highest BCUT2D eigenvalue weighted by Crippen LogP contribution is 2.04. The first-order valence-electron chi connectivity index (χ1n) is 2.96. The molecule has 0 aromatic heterocycles. The van der Waals surface area contributed by atoms with Crippen LogP contribution in [0.3, 0.4) is 0 Å². The van der Waals surface area contributed by atoms with E-state index in [0.29, 0.717) is 16.6 Å². The fraction of sp³-hybridized carbons (Fsp3) is 0.200. The lowest BCUT2D eigenvalue weighted by Crippen LogP contribution is -2.30. The summed E-state index contributed by atoms with van der Waals surface area (Å²) in [6, 6.07) is 0. The molecule has 2 rings (SSSR count). The monoisotopic (exact) mass is 166 g/mol. The van der Waals surface area contributed by atoms with Crippen molar-refractivity contribution in [2.75, 3.05) is 0 Å². The molecule has 5 nitrogen and oxygen atoms in total. The normalized spacial score (nSPS) is 27.4. The van der Waals surface area contributed by atoms with Gasteiger partial charge in [0.25, 0.3) is 0 Å². The van der Waals surface area contributed by atoms with Crippen molar-refractivity contribution in [3.05, 3.63) is 0 Å². The Morgan fingerprint density at radius 1 is 1.45 bits per heavy atom. The quantitative estimate of drug-likeness (QED) is 0.472. The number of nitrogens with two attached hydrogens (primary N) is 1. The van der Waals surface area contributed by atoms with Crippen molar-refractivity contribution in [1.82, 2.24) is 0 Å². The van der Waals surface area contributed by atoms with Crippen molar-refractivity contribution in [1.29, 1.82) is 0 Å². The Labute approximate surface area is 68.3 Å². The van der Waals surface area contributed by atoms with Gasteiger partial charge in [0, 0.05) is 0 Å². The molecule has 0 saturated carbocycles. The number of hydrogen-bond acceptors (Lipinski definition) is 6. The molecule has 0 aromatic rings. The van der Waals surface area contributed by atoms with Gasteiger partial charge in [0.1, 0.15) is 12.1 Å². The molecule has 11 heavy (non-hydrogen) atoms. The Morgan fingerprint density at radius 3 is 3.09 bits per heavy atom. The second-order valence-electron chi connectivity index (χ2n) is 2.02. The Bertz CT molecular complexity index is 313. The summed E-state index contributed by atoms with van der Waals surface area (Å²) in [5.41, 5.74) is 5.97. The van der Waals surface area contributed by atoms with E-state index < -0.39 is 6.29 Å². The van der Waals surface area contributed by atoms with Gasteiger partial charge in [-0.05, 0) is 0 Å². The number of aliphatic imine (C=N–C) groups is 4. The zero-order valence-corrected chi connectivity index (χ0v) is 6.25. The van der Waals surface area contributed by atoms with Gasteiger partial charge in [-0.1, -0.05) is 5.04 Å². The lowest BCUT2D eigenvalue weighted by molar-refractivity contribution is 0.756. The smallest absolute Gasteiger partial charge is 0.191 e. The van der Waals surface area contributed by atoms with E-state index in [1.165, 1.54) is 6.34 Å². The molecule has 0 fully saturated rings. The standard InChI is InChI=1S/C5H5N5S/c6-5-9-3-2(4(11)10-5)7-1-8-3/h1,5H,6H2,(H,10,11)/p-1/t5-/m1/s1. The second-order valence-corrected chi connectivity index (χ2v) is 2.41. The van der Waals surface area contributed by atoms with E-state index in [4.69, 9.17) is 18.4 Å². The third-order valence-electron chi connectivity index (χ3n) is 1.29. The van der Waals surface area contributed by atoms with Gasteiger partial charge < -0.3 is 12.6 Å².